The number of rotatable bonds is 2. The zero-order chi connectivity index (χ0) is 8.27. The molecule has 7 nitrogen and oxygen atoms in total. The molecule has 11 heavy (non-hydrogen) atoms. The van der Waals surface area contributed by atoms with Gasteiger partial charge < -0.3 is 10.5 Å². The molecule has 1 heterocycles. The Bertz CT molecular complexity index is 231. The van der Waals surface area contributed by atoms with Crippen molar-refractivity contribution in [1.29, 1.82) is 0 Å². The van der Waals surface area contributed by atoms with Crippen LogP contribution in [-0.2, 0) is 4.79 Å². The number of nitrogens with zero attached hydrogens (tertiary/aromatic N) is 3. The smallest absolute Gasteiger partial charge is 0.340 e. The quantitative estimate of drug-likeness (QED) is 0.503. The van der Waals surface area contributed by atoms with Crippen molar-refractivity contribution >= 4 is 5.97 Å². The summed E-state index contributed by atoms with van der Waals surface area (Å²) in [5.41, 5.74) is 5.20. The topological polar surface area (TPSA) is 107 Å². The van der Waals surface area contributed by atoms with Gasteiger partial charge in [-0.05, 0) is 17.4 Å². The van der Waals surface area contributed by atoms with Crippen LogP contribution < -0.4 is 10.5 Å². The molecule has 0 aromatic carbocycles. The molecule has 1 rings (SSSR count). The maximum Gasteiger partial charge on any atom is 0.340 e. The number of ether oxygens (including phenoxy) is 1. The molecular weight excluding hydrogens is 150 g/mol. The first-order valence-corrected chi connectivity index (χ1v) is 2.91. The molecule has 0 unspecified atom stereocenters. The van der Waals surface area contributed by atoms with Crippen LogP contribution in [0.4, 0.5) is 0 Å². The van der Waals surface area contributed by atoms with Crippen LogP contribution in [0.25, 0.3) is 0 Å². The van der Waals surface area contributed by atoms with Gasteiger partial charge in [0.05, 0.1) is 0 Å². The molecule has 1 atom stereocenters. The van der Waals surface area contributed by atoms with Crippen molar-refractivity contribution in [2.24, 2.45) is 5.73 Å². The fraction of sp³-hybridized carbons (Fsp3) is 0.500. The monoisotopic (exact) mass is 157 g/mol. The van der Waals surface area contributed by atoms with Crippen molar-refractivity contribution in [1.82, 2.24) is 20.6 Å². The molecule has 7 heteroatoms. The zero-order valence-corrected chi connectivity index (χ0v) is 5.81. The van der Waals surface area contributed by atoms with Crippen molar-refractivity contribution < 1.29 is 9.53 Å². The number of aromatic amines is 1. The minimum Gasteiger partial charge on any atom is -0.389 e. The first kappa shape index (κ1) is 7.61. The minimum atomic E-state index is -0.680. The van der Waals surface area contributed by atoms with Gasteiger partial charge in [0.2, 0.25) is 0 Å². The number of hydrogen-bond donors (Lipinski definition) is 2. The van der Waals surface area contributed by atoms with E-state index < -0.39 is 12.0 Å². The van der Waals surface area contributed by atoms with Gasteiger partial charge in [0.25, 0.3) is 0 Å². The maximum atomic E-state index is 10.7. The van der Waals surface area contributed by atoms with E-state index in [4.69, 9.17) is 5.73 Å². The van der Waals surface area contributed by atoms with Gasteiger partial charge in [0.15, 0.2) is 0 Å². The fourth-order valence-corrected chi connectivity index (χ4v) is 0.382. The van der Waals surface area contributed by atoms with E-state index in [1.54, 1.807) is 0 Å². The summed E-state index contributed by atoms with van der Waals surface area (Å²) in [5, 5.41) is 12.0. The van der Waals surface area contributed by atoms with Crippen LogP contribution in [0.5, 0.6) is 6.01 Å². The molecule has 0 radical (unpaired) electrons. The number of H-pyrrole nitrogens is 1. The third kappa shape index (κ3) is 1.97. The van der Waals surface area contributed by atoms with Gasteiger partial charge in [0, 0.05) is 0 Å². The highest BCUT2D eigenvalue weighted by atomic mass is 16.6. The second-order valence-corrected chi connectivity index (χ2v) is 1.92. The summed E-state index contributed by atoms with van der Waals surface area (Å²) in [7, 11) is 0. The highest BCUT2D eigenvalue weighted by molar-refractivity contribution is 5.76. The van der Waals surface area contributed by atoms with E-state index >= 15 is 0 Å². The summed E-state index contributed by atoms with van der Waals surface area (Å²) < 4.78 is 4.56. The molecular formula is C4H7N5O2. The summed E-state index contributed by atoms with van der Waals surface area (Å²) in [6.45, 7) is 1.51. The maximum absolute atomic E-state index is 10.7. The molecule has 60 valence electrons. The standard InChI is InChI=1S/C4H7N5O2/c1-2(5)3(10)11-4-6-8-9-7-4/h2H,5H2,1H3,(H,6,7,8,9)/t2-/m0/s1. The lowest BCUT2D eigenvalue weighted by Gasteiger charge is -2.00. The zero-order valence-electron chi connectivity index (χ0n) is 5.81. The Morgan fingerprint density at radius 2 is 2.55 bits per heavy atom. The van der Waals surface area contributed by atoms with Crippen LogP contribution in [0, 0.1) is 0 Å². The predicted molar refractivity (Wildman–Crippen MR) is 33.5 cm³/mol. The lowest BCUT2D eigenvalue weighted by Crippen LogP contribution is -2.31. The predicted octanol–water partition coefficient (Wildman–Crippen LogP) is -1.55. The van der Waals surface area contributed by atoms with Crippen molar-refractivity contribution in [2.75, 3.05) is 0 Å². The number of esters is 1. The third-order valence-electron chi connectivity index (χ3n) is 0.895. The van der Waals surface area contributed by atoms with Gasteiger partial charge >= 0.3 is 12.0 Å². The summed E-state index contributed by atoms with van der Waals surface area (Å²) in [4.78, 5) is 10.7. The number of aromatic nitrogens is 4. The van der Waals surface area contributed by atoms with E-state index in [-0.39, 0.29) is 6.01 Å². The molecule has 1 aromatic rings. The molecule has 0 aliphatic heterocycles. The van der Waals surface area contributed by atoms with Crippen LogP contribution in [0.15, 0.2) is 0 Å². The Hall–Kier alpha value is -1.50. The Kier molecular flexibility index (Phi) is 2.12. The number of carbonyl (C=O) groups is 1. The van der Waals surface area contributed by atoms with Gasteiger partial charge in [-0.3, -0.25) is 0 Å². The van der Waals surface area contributed by atoms with Gasteiger partial charge in [0.1, 0.15) is 6.04 Å². The first-order valence-electron chi connectivity index (χ1n) is 2.91. The Labute approximate surface area is 61.9 Å². The molecule has 0 saturated carbocycles. The van der Waals surface area contributed by atoms with Crippen LogP contribution in [-0.4, -0.2) is 32.6 Å². The molecule has 0 spiro atoms. The summed E-state index contributed by atoms with van der Waals surface area (Å²) in [6, 6.07) is -0.729. The van der Waals surface area contributed by atoms with Gasteiger partial charge in [-0.25, -0.2) is 9.89 Å². The average Bonchev–Trinajstić information content (AvgIpc) is 2.39. The van der Waals surface area contributed by atoms with Gasteiger partial charge in [-0.15, -0.1) is 0 Å². The van der Waals surface area contributed by atoms with Gasteiger partial charge in [-0.1, -0.05) is 5.10 Å². The number of tetrazole rings is 1. The van der Waals surface area contributed by atoms with E-state index in [1.807, 2.05) is 0 Å². The van der Waals surface area contributed by atoms with Crippen molar-refractivity contribution in [2.45, 2.75) is 13.0 Å². The minimum absolute atomic E-state index is 0.0488. The van der Waals surface area contributed by atoms with E-state index in [1.165, 1.54) is 6.92 Å². The largest absolute Gasteiger partial charge is 0.389 e. The molecule has 0 aliphatic rings. The van der Waals surface area contributed by atoms with Crippen LogP contribution in [0.1, 0.15) is 6.92 Å². The second kappa shape index (κ2) is 3.06. The molecule has 0 saturated heterocycles. The van der Waals surface area contributed by atoms with E-state index in [0.29, 0.717) is 0 Å². The van der Waals surface area contributed by atoms with Crippen LogP contribution in [0.2, 0.25) is 0 Å². The number of hydrogen-bond acceptors (Lipinski definition) is 6. The van der Waals surface area contributed by atoms with Crippen LogP contribution >= 0.6 is 0 Å². The SMILES string of the molecule is C[C@H](N)C(=O)Oc1nnn[nH]1. The lowest BCUT2D eigenvalue weighted by atomic mass is 10.4. The summed E-state index contributed by atoms with van der Waals surface area (Å²) in [6.07, 6.45) is 0. The normalized spacial score (nSPS) is 12.5. The van der Waals surface area contributed by atoms with Crippen molar-refractivity contribution in [3.05, 3.63) is 0 Å². The van der Waals surface area contributed by atoms with Crippen LogP contribution in [0.3, 0.4) is 0 Å². The number of nitrogens with one attached hydrogen (secondary N) is 1. The molecule has 0 bridgehead atoms. The lowest BCUT2D eigenvalue weighted by molar-refractivity contribution is -0.135. The Morgan fingerprint density at radius 3 is 3.00 bits per heavy atom. The molecule has 1 aromatic heterocycles. The van der Waals surface area contributed by atoms with Crippen molar-refractivity contribution in [3.63, 3.8) is 0 Å². The number of nitrogens with two attached hydrogens (primary N) is 1. The summed E-state index contributed by atoms with van der Waals surface area (Å²) in [5.74, 6) is -0.580. The Balaban J connectivity index is 2.50. The molecule has 3 N–H and O–H groups in total. The third-order valence-corrected chi connectivity index (χ3v) is 0.895. The van der Waals surface area contributed by atoms with Crippen molar-refractivity contribution in [3.8, 4) is 6.01 Å². The van der Waals surface area contributed by atoms with Gasteiger partial charge in [-0.2, -0.15) is 0 Å². The molecule has 0 amide bonds. The first-order chi connectivity index (χ1) is 5.20. The second-order valence-electron chi connectivity index (χ2n) is 1.92. The number of carbonyl (C=O) groups excluding carboxylic acids is 1. The fourth-order valence-electron chi connectivity index (χ4n) is 0.382. The van der Waals surface area contributed by atoms with E-state index in [2.05, 4.69) is 25.4 Å². The Morgan fingerprint density at radius 1 is 1.82 bits per heavy atom. The molecule has 0 aliphatic carbocycles. The highest BCUT2D eigenvalue weighted by Crippen LogP contribution is 1.95. The summed E-state index contributed by atoms with van der Waals surface area (Å²) >= 11 is 0. The highest BCUT2D eigenvalue weighted by Gasteiger charge is 2.11. The molecule has 0 fully saturated rings. The average molecular weight is 157 g/mol. The van der Waals surface area contributed by atoms with E-state index in [0.717, 1.165) is 0 Å². The van der Waals surface area contributed by atoms with E-state index in [9.17, 15) is 4.79 Å².